The SMILES string of the molecule is CN(C)S(=O)(=O)c1cccc(NS(=O)(=O)c2ccc(-c3ccc(Cl)cc3Cl)cc2)c1. The molecule has 0 aliphatic heterocycles. The summed E-state index contributed by atoms with van der Waals surface area (Å²) < 4.78 is 53.5. The second-order valence-electron chi connectivity index (χ2n) is 6.57. The molecular weight excluding hydrogens is 467 g/mol. The van der Waals surface area contributed by atoms with Crippen LogP contribution in [-0.2, 0) is 20.0 Å². The van der Waals surface area contributed by atoms with Crippen molar-refractivity contribution in [2.24, 2.45) is 0 Å². The summed E-state index contributed by atoms with van der Waals surface area (Å²) in [5.74, 6) is 0. The Morgan fingerprint density at radius 1 is 0.800 bits per heavy atom. The van der Waals surface area contributed by atoms with E-state index in [2.05, 4.69) is 4.72 Å². The molecule has 0 bridgehead atoms. The number of benzene rings is 3. The summed E-state index contributed by atoms with van der Waals surface area (Å²) >= 11 is 12.1. The van der Waals surface area contributed by atoms with Crippen LogP contribution in [0.15, 0.2) is 76.5 Å². The second kappa shape index (κ2) is 8.56. The van der Waals surface area contributed by atoms with Gasteiger partial charge in [-0.15, -0.1) is 0 Å². The lowest BCUT2D eigenvalue weighted by atomic mass is 10.1. The Hall–Kier alpha value is -2.10. The van der Waals surface area contributed by atoms with Crippen LogP contribution in [0.25, 0.3) is 11.1 Å². The lowest BCUT2D eigenvalue weighted by Gasteiger charge is -2.13. The molecule has 0 aliphatic rings. The van der Waals surface area contributed by atoms with Crippen molar-refractivity contribution in [2.45, 2.75) is 9.79 Å². The zero-order valence-electron chi connectivity index (χ0n) is 16.0. The molecule has 158 valence electrons. The molecule has 3 rings (SSSR count). The van der Waals surface area contributed by atoms with Crippen molar-refractivity contribution in [1.82, 2.24) is 4.31 Å². The van der Waals surface area contributed by atoms with Gasteiger partial charge >= 0.3 is 0 Å². The average molecular weight is 485 g/mol. The first-order chi connectivity index (χ1) is 14.0. The van der Waals surface area contributed by atoms with Crippen molar-refractivity contribution in [3.05, 3.63) is 76.8 Å². The molecular formula is C20H18Cl2N2O4S2. The smallest absolute Gasteiger partial charge is 0.261 e. The van der Waals surface area contributed by atoms with Crippen molar-refractivity contribution in [1.29, 1.82) is 0 Å². The highest BCUT2D eigenvalue weighted by atomic mass is 35.5. The Labute approximate surface area is 186 Å². The average Bonchev–Trinajstić information content (AvgIpc) is 2.68. The maximum Gasteiger partial charge on any atom is 0.261 e. The minimum atomic E-state index is -3.92. The number of anilines is 1. The van der Waals surface area contributed by atoms with Crippen LogP contribution in [0.1, 0.15) is 0 Å². The van der Waals surface area contributed by atoms with E-state index in [4.69, 9.17) is 23.2 Å². The second-order valence-corrected chi connectivity index (χ2v) is 11.2. The summed E-state index contributed by atoms with van der Waals surface area (Å²) in [5.41, 5.74) is 1.59. The fourth-order valence-corrected chi connectivity index (χ4v) is 5.20. The topological polar surface area (TPSA) is 83.6 Å². The number of hydrogen-bond acceptors (Lipinski definition) is 4. The van der Waals surface area contributed by atoms with Gasteiger partial charge in [0.05, 0.1) is 15.5 Å². The highest BCUT2D eigenvalue weighted by molar-refractivity contribution is 7.92. The van der Waals surface area contributed by atoms with Gasteiger partial charge in [0, 0.05) is 29.7 Å². The zero-order valence-corrected chi connectivity index (χ0v) is 19.1. The van der Waals surface area contributed by atoms with Crippen LogP contribution in [0, 0.1) is 0 Å². The van der Waals surface area contributed by atoms with E-state index in [1.807, 2.05) is 0 Å². The molecule has 6 nitrogen and oxygen atoms in total. The van der Waals surface area contributed by atoms with Crippen LogP contribution < -0.4 is 4.72 Å². The minimum absolute atomic E-state index is 0.0135. The van der Waals surface area contributed by atoms with E-state index in [0.717, 1.165) is 15.4 Å². The number of nitrogens with one attached hydrogen (secondary N) is 1. The van der Waals surface area contributed by atoms with Gasteiger partial charge in [0.1, 0.15) is 0 Å². The number of rotatable bonds is 6. The standard InChI is InChI=1S/C20H18Cl2N2O4S2/c1-24(2)30(27,28)18-5-3-4-16(13-18)23-29(25,26)17-9-6-14(7-10-17)19-11-8-15(21)12-20(19)22/h3-13,23H,1-2H3. The Balaban J connectivity index is 1.88. The molecule has 0 unspecified atom stereocenters. The molecule has 0 heterocycles. The van der Waals surface area contributed by atoms with Gasteiger partial charge in [-0.1, -0.05) is 47.5 Å². The summed E-state index contributed by atoms with van der Waals surface area (Å²) in [6.07, 6.45) is 0. The van der Waals surface area contributed by atoms with E-state index < -0.39 is 20.0 Å². The van der Waals surface area contributed by atoms with Gasteiger partial charge in [-0.2, -0.15) is 0 Å². The predicted molar refractivity (Wildman–Crippen MR) is 120 cm³/mol. The molecule has 30 heavy (non-hydrogen) atoms. The van der Waals surface area contributed by atoms with Crippen molar-refractivity contribution < 1.29 is 16.8 Å². The number of hydrogen-bond donors (Lipinski definition) is 1. The van der Waals surface area contributed by atoms with E-state index in [1.54, 1.807) is 30.3 Å². The van der Waals surface area contributed by atoms with Gasteiger partial charge in [0.2, 0.25) is 10.0 Å². The molecule has 0 aromatic heterocycles. The summed E-state index contributed by atoms with van der Waals surface area (Å²) in [6, 6.07) is 16.9. The summed E-state index contributed by atoms with van der Waals surface area (Å²) in [4.78, 5) is 0.0117. The Bertz CT molecular complexity index is 1290. The summed E-state index contributed by atoms with van der Waals surface area (Å²) in [6.45, 7) is 0. The fraction of sp³-hybridized carbons (Fsp3) is 0.100. The van der Waals surface area contributed by atoms with Crippen LogP contribution in [-0.4, -0.2) is 35.2 Å². The van der Waals surface area contributed by atoms with Crippen LogP contribution in [0.4, 0.5) is 5.69 Å². The first-order valence-electron chi connectivity index (χ1n) is 8.61. The van der Waals surface area contributed by atoms with Gasteiger partial charge in [-0.05, 0) is 48.0 Å². The molecule has 0 saturated heterocycles. The van der Waals surface area contributed by atoms with E-state index in [1.165, 1.54) is 50.5 Å². The lowest BCUT2D eigenvalue weighted by molar-refractivity contribution is 0.521. The molecule has 10 heteroatoms. The Morgan fingerprint density at radius 2 is 1.47 bits per heavy atom. The monoisotopic (exact) mass is 484 g/mol. The number of sulfonamides is 2. The third kappa shape index (κ3) is 4.79. The molecule has 0 saturated carbocycles. The molecule has 0 aliphatic carbocycles. The number of halogens is 2. The fourth-order valence-electron chi connectivity index (χ4n) is 2.68. The Morgan fingerprint density at radius 3 is 2.07 bits per heavy atom. The highest BCUT2D eigenvalue weighted by Crippen LogP contribution is 2.31. The maximum absolute atomic E-state index is 12.7. The first-order valence-corrected chi connectivity index (χ1v) is 12.3. The minimum Gasteiger partial charge on any atom is -0.280 e. The van der Waals surface area contributed by atoms with Gasteiger partial charge in [-0.3, -0.25) is 4.72 Å². The lowest BCUT2D eigenvalue weighted by Crippen LogP contribution is -2.22. The summed E-state index contributed by atoms with van der Waals surface area (Å²) in [5, 5.41) is 0.959. The molecule has 0 atom stereocenters. The highest BCUT2D eigenvalue weighted by Gasteiger charge is 2.19. The van der Waals surface area contributed by atoms with Crippen LogP contribution in [0.5, 0.6) is 0 Å². The maximum atomic E-state index is 12.7. The molecule has 0 fully saturated rings. The zero-order chi connectivity index (χ0) is 22.1. The quantitative estimate of drug-likeness (QED) is 0.548. The van der Waals surface area contributed by atoms with Crippen molar-refractivity contribution in [3.63, 3.8) is 0 Å². The van der Waals surface area contributed by atoms with E-state index >= 15 is 0 Å². The normalized spacial score (nSPS) is 12.2. The molecule has 0 spiro atoms. The molecule has 0 amide bonds. The largest absolute Gasteiger partial charge is 0.280 e. The number of nitrogens with zero attached hydrogens (tertiary/aromatic N) is 1. The van der Waals surface area contributed by atoms with E-state index in [0.29, 0.717) is 10.0 Å². The van der Waals surface area contributed by atoms with Crippen molar-refractivity contribution in [3.8, 4) is 11.1 Å². The van der Waals surface area contributed by atoms with Crippen molar-refractivity contribution in [2.75, 3.05) is 18.8 Å². The molecule has 1 N–H and O–H groups in total. The molecule has 3 aromatic rings. The third-order valence-corrected chi connectivity index (χ3v) is 8.03. The van der Waals surface area contributed by atoms with E-state index in [-0.39, 0.29) is 15.5 Å². The van der Waals surface area contributed by atoms with Crippen LogP contribution in [0.3, 0.4) is 0 Å². The summed E-state index contributed by atoms with van der Waals surface area (Å²) in [7, 11) is -4.80. The van der Waals surface area contributed by atoms with Gasteiger partial charge in [0.15, 0.2) is 0 Å². The van der Waals surface area contributed by atoms with Gasteiger partial charge in [-0.25, -0.2) is 21.1 Å². The molecule has 0 radical (unpaired) electrons. The third-order valence-electron chi connectivity index (χ3n) is 4.27. The van der Waals surface area contributed by atoms with Gasteiger partial charge in [0.25, 0.3) is 10.0 Å². The van der Waals surface area contributed by atoms with Gasteiger partial charge < -0.3 is 0 Å². The Kier molecular flexibility index (Phi) is 6.45. The molecule has 3 aromatic carbocycles. The van der Waals surface area contributed by atoms with Crippen LogP contribution >= 0.6 is 23.2 Å². The van der Waals surface area contributed by atoms with Crippen LogP contribution in [0.2, 0.25) is 10.0 Å². The van der Waals surface area contributed by atoms with E-state index in [9.17, 15) is 16.8 Å². The van der Waals surface area contributed by atoms with Crippen molar-refractivity contribution >= 4 is 48.9 Å². The predicted octanol–water partition coefficient (Wildman–Crippen LogP) is 4.71. The first kappa shape index (κ1) is 22.6.